The van der Waals surface area contributed by atoms with Crippen molar-refractivity contribution in [3.63, 3.8) is 0 Å². The highest BCUT2D eigenvalue weighted by atomic mass is 16.5. The van der Waals surface area contributed by atoms with E-state index in [4.69, 9.17) is 15.4 Å². The molecule has 90 valence electrons. The lowest BCUT2D eigenvalue weighted by Crippen LogP contribution is -2.34. The van der Waals surface area contributed by atoms with Crippen LogP contribution in [0.3, 0.4) is 0 Å². The Morgan fingerprint density at radius 3 is 2.62 bits per heavy atom. The average molecular weight is 228 g/mol. The predicted molar refractivity (Wildman–Crippen MR) is 57.2 cm³/mol. The van der Waals surface area contributed by atoms with Gasteiger partial charge in [-0.1, -0.05) is 5.11 Å². The second kappa shape index (κ2) is 4.59. The summed E-state index contributed by atoms with van der Waals surface area (Å²) in [7, 11) is 0. The summed E-state index contributed by atoms with van der Waals surface area (Å²) in [5.41, 5.74) is 8.02. The Bertz CT molecular complexity index is 319. The zero-order valence-corrected chi connectivity index (χ0v) is 9.62. The topological polar surface area (TPSA) is 98.5 Å². The van der Waals surface area contributed by atoms with E-state index in [1.165, 1.54) is 4.90 Å². The minimum absolute atomic E-state index is 0.195. The van der Waals surface area contributed by atoms with Gasteiger partial charge in [0, 0.05) is 11.5 Å². The van der Waals surface area contributed by atoms with Gasteiger partial charge in [0.1, 0.15) is 0 Å². The molecule has 1 heterocycles. The standard InChI is InChI=1S/C9H16N4O3/c1-9(2,3)16-7-5-13(8(14)15)4-6(7)11-12-10/h6-7H,4-5H2,1-3H3,(H,14,15). The van der Waals surface area contributed by atoms with Crippen molar-refractivity contribution in [2.45, 2.75) is 38.5 Å². The number of carbonyl (C=O) groups is 1. The summed E-state index contributed by atoms with van der Waals surface area (Å²) < 4.78 is 5.67. The molecule has 1 N–H and O–H groups in total. The van der Waals surface area contributed by atoms with Crippen molar-refractivity contribution < 1.29 is 14.6 Å². The fourth-order valence-corrected chi connectivity index (χ4v) is 1.66. The van der Waals surface area contributed by atoms with Crippen molar-refractivity contribution in [3.8, 4) is 0 Å². The summed E-state index contributed by atoms with van der Waals surface area (Å²) in [6.07, 6.45) is -1.38. The molecule has 7 nitrogen and oxygen atoms in total. The Labute approximate surface area is 93.6 Å². The molecular formula is C9H16N4O3. The Balaban J connectivity index is 2.73. The largest absolute Gasteiger partial charge is 0.465 e. The number of nitrogens with zero attached hydrogens (tertiary/aromatic N) is 4. The molecule has 1 saturated heterocycles. The number of hydrogen-bond acceptors (Lipinski definition) is 3. The number of likely N-dealkylation sites (tertiary alicyclic amines) is 1. The van der Waals surface area contributed by atoms with Crippen molar-refractivity contribution in [1.29, 1.82) is 0 Å². The molecule has 1 aliphatic heterocycles. The van der Waals surface area contributed by atoms with Gasteiger partial charge in [-0.15, -0.1) is 0 Å². The van der Waals surface area contributed by atoms with E-state index in [2.05, 4.69) is 10.0 Å². The van der Waals surface area contributed by atoms with E-state index < -0.39 is 12.1 Å². The molecule has 0 aromatic heterocycles. The highest BCUT2D eigenvalue weighted by Gasteiger charge is 2.37. The average Bonchev–Trinajstić information content (AvgIpc) is 2.47. The number of amides is 1. The molecular weight excluding hydrogens is 212 g/mol. The molecule has 7 heteroatoms. The van der Waals surface area contributed by atoms with Crippen LogP contribution in [0.15, 0.2) is 5.11 Å². The van der Waals surface area contributed by atoms with Gasteiger partial charge < -0.3 is 14.7 Å². The van der Waals surface area contributed by atoms with Crippen LogP contribution in [0.5, 0.6) is 0 Å². The number of rotatable bonds is 2. The Morgan fingerprint density at radius 2 is 2.19 bits per heavy atom. The predicted octanol–water partition coefficient (Wildman–Crippen LogP) is 1.84. The van der Waals surface area contributed by atoms with Gasteiger partial charge in [0.05, 0.1) is 24.3 Å². The highest BCUT2D eigenvalue weighted by molar-refractivity contribution is 5.65. The number of ether oxygens (including phenoxy) is 1. The first-order chi connectivity index (χ1) is 7.33. The number of azide groups is 1. The Hall–Kier alpha value is -1.46. The second-order valence-electron chi connectivity index (χ2n) is 4.73. The van der Waals surface area contributed by atoms with E-state index in [-0.39, 0.29) is 24.8 Å². The molecule has 0 aliphatic carbocycles. The molecule has 0 spiro atoms. The Kier molecular flexibility index (Phi) is 3.62. The van der Waals surface area contributed by atoms with Gasteiger partial charge in [-0.05, 0) is 26.3 Å². The van der Waals surface area contributed by atoms with Gasteiger partial charge in [0.2, 0.25) is 0 Å². The third-order valence-electron chi connectivity index (χ3n) is 2.21. The van der Waals surface area contributed by atoms with Crippen LogP contribution in [0.25, 0.3) is 10.4 Å². The van der Waals surface area contributed by atoms with Gasteiger partial charge in [-0.3, -0.25) is 0 Å². The van der Waals surface area contributed by atoms with Crippen LogP contribution in [0.1, 0.15) is 20.8 Å². The molecule has 1 fully saturated rings. The monoisotopic (exact) mass is 228 g/mol. The van der Waals surface area contributed by atoms with E-state index in [0.717, 1.165) is 0 Å². The summed E-state index contributed by atoms with van der Waals surface area (Å²) in [5, 5.41) is 12.4. The minimum Gasteiger partial charge on any atom is -0.465 e. The first-order valence-electron chi connectivity index (χ1n) is 5.03. The Morgan fingerprint density at radius 1 is 1.56 bits per heavy atom. The van der Waals surface area contributed by atoms with Crippen LogP contribution in [-0.4, -0.2) is 46.9 Å². The lowest BCUT2D eigenvalue weighted by atomic mass is 10.1. The lowest BCUT2D eigenvalue weighted by molar-refractivity contribution is -0.0586. The van der Waals surface area contributed by atoms with E-state index in [0.29, 0.717) is 0 Å². The molecule has 0 aromatic carbocycles. The van der Waals surface area contributed by atoms with Crippen molar-refractivity contribution in [2.75, 3.05) is 13.1 Å². The summed E-state index contributed by atoms with van der Waals surface area (Å²) in [6, 6.07) is -0.444. The molecule has 2 unspecified atom stereocenters. The maximum Gasteiger partial charge on any atom is 0.407 e. The maximum absolute atomic E-state index is 10.8. The third kappa shape index (κ3) is 3.29. The first-order valence-corrected chi connectivity index (χ1v) is 5.03. The minimum atomic E-state index is -1.02. The van der Waals surface area contributed by atoms with E-state index >= 15 is 0 Å². The quantitative estimate of drug-likeness (QED) is 0.443. The summed E-state index contributed by atoms with van der Waals surface area (Å²) in [4.78, 5) is 14.7. The van der Waals surface area contributed by atoms with Crippen molar-refractivity contribution in [1.82, 2.24) is 4.90 Å². The normalized spacial score (nSPS) is 25.3. The summed E-state index contributed by atoms with van der Waals surface area (Å²) in [5.74, 6) is 0. The van der Waals surface area contributed by atoms with Crippen molar-refractivity contribution >= 4 is 6.09 Å². The van der Waals surface area contributed by atoms with Gasteiger partial charge in [0.25, 0.3) is 0 Å². The van der Waals surface area contributed by atoms with Gasteiger partial charge >= 0.3 is 6.09 Å². The summed E-state index contributed by atoms with van der Waals surface area (Å²) >= 11 is 0. The van der Waals surface area contributed by atoms with E-state index in [9.17, 15) is 4.79 Å². The van der Waals surface area contributed by atoms with Crippen LogP contribution in [0, 0.1) is 0 Å². The van der Waals surface area contributed by atoms with Crippen LogP contribution in [0.4, 0.5) is 4.79 Å². The van der Waals surface area contributed by atoms with Gasteiger partial charge in [0.15, 0.2) is 0 Å². The van der Waals surface area contributed by atoms with Gasteiger partial charge in [-0.2, -0.15) is 0 Å². The van der Waals surface area contributed by atoms with Gasteiger partial charge in [-0.25, -0.2) is 4.79 Å². The lowest BCUT2D eigenvalue weighted by Gasteiger charge is -2.26. The second-order valence-corrected chi connectivity index (χ2v) is 4.73. The summed E-state index contributed by atoms with van der Waals surface area (Å²) in [6.45, 7) is 6.08. The highest BCUT2D eigenvalue weighted by Crippen LogP contribution is 2.22. The zero-order chi connectivity index (χ0) is 12.3. The molecule has 0 bridgehead atoms. The van der Waals surface area contributed by atoms with Crippen LogP contribution < -0.4 is 0 Å². The molecule has 2 atom stereocenters. The molecule has 0 radical (unpaired) electrons. The molecule has 0 saturated carbocycles. The fourth-order valence-electron chi connectivity index (χ4n) is 1.66. The van der Waals surface area contributed by atoms with E-state index in [1.54, 1.807) is 0 Å². The molecule has 1 aliphatic rings. The van der Waals surface area contributed by atoms with E-state index in [1.807, 2.05) is 20.8 Å². The van der Waals surface area contributed by atoms with Crippen LogP contribution >= 0.6 is 0 Å². The molecule has 1 amide bonds. The first kappa shape index (κ1) is 12.6. The third-order valence-corrected chi connectivity index (χ3v) is 2.21. The van der Waals surface area contributed by atoms with Crippen molar-refractivity contribution in [3.05, 3.63) is 10.4 Å². The number of hydrogen-bond donors (Lipinski definition) is 1. The van der Waals surface area contributed by atoms with Crippen LogP contribution in [-0.2, 0) is 4.74 Å². The van der Waals surface area contributed by atoms with Crippen molar-refractivity contribution in [2.24, 2.45) is 5.11 Å². The molecule has 16 heavy (non-hydrogen) atoms. The molecule has 1 rings (SSSR count). The zero-order valence-electron chi connectivity index (χ0n) is 9.62. The maximum atomic E-state index is 10.8. The smallest absolute Gasteiger partial charge is 0.407 e. The number of carboxylic acid groups (broad SMARTS) is 1. The molecule has 0 aromatic rings. The fraction of sp³-hybridized carbons (Fsp3) is 0.889. The SMILES string of the molecule is CC(C)(C)OC1CN(C(=O)O)CC1N=[N+]=[N-]. The van der Waals surface area contributed by atoms with Crippen LogP contribution in [0.2, 0.25) is 0 Å².